The lowest BCUT2D eigenvalue weighted by Gasteiger charge is -1.97. The average molecular weight is 162 g/mol. The first-order valence-corrected chi connectivity index (χ1v) is 4.32. The SMILES string of the molecule is O=S(=O)=C1CCCCNN1. The van der Waals surface area contributed by atoms with Crippen molar-refractivity contribution in [1.82, 2.24) is 10.9 Å². The maximum atomic E-state index is 10.4. The van der Waals surface area contributed by atoms with Crippen molar-refractivity contribution in [3.8, 4) is 0 Å². The predicted octanol–water partition coefficient (Wildman–Crippen LogP) is -0.727. The summed E-state index contributed by atoms with van der Waals surface area (Å²) in [6.45, 7) is 0.834. The number of hydrazine groups is 1. The monoisotopic (exact) mass is 162 g/mol. The molecule has 1 aliphatic rings. The van der Waals surface area contributed by atoms with E-state index in [1.54, 1.807) is 0 Å². The second-order valence-corrected chi connectivity index (χ2v) is 3.13. The summed E-state index contributed by atoms with van der Waals surface area (Å²) in [4.78, 5) is 0.373. The van der Waals surface area contributed by atoms with Gasteiger partial charge in [-0.2, -0.15) is 8.42 Å². The minimum absolute atomic E-state index is 0.373. The zero-order valence-electron chi connectivity index (χ0n) is 5.55. The molecule has 1 saturated heterocycles. The van der Waals surface area contributed by atoms with Crippen molar-refractivity contribution in [2.75, 3.05) is 6.54 Å². The van der Waals surface area contributed by atoms with Gasteiger partial charge < -0.3 is 0 Å². The highest BCUT2D eigenvalue weighted by atomic mass is 32.2. The first kappa shape index (κ1) is 7.71. The van der Waals surface area contributed by atoms with Gasteiger partial charge in [0, 0.05) is 6.54 Å². The molecule has 0 saturated carbocycles. The molecule has 0 atom stereocenters. The van der Waals surface area contributed by atoms with Crippen LogP contribution in [0.2, 0.25) is 0 Å². The summed E-state index contributed by atoms with van der Waals surface area (Å²) in [6.07, 6.45) is 2.58. The Morgan fingerprint density at radius 2 is 2.10 bits per heavy atom. The molecule has 0 aromatic carbocycles. The van der Waals surface area contributed by atoms with E-state index in [0.29, 0.717) is 11.4 Å². The Kier molecular flexibility index (Phi) is 2.85. The Morgan fingerprint density at radius 3 is 2.80 bits per heavy atom. The highest BCUT2D eigenvalue weighted by Crippen LogP contribution is 1.96. The number of nitrogens with one attached hydrogen (secondary N) is 2. The molecule has 0 bridgehead atoms. The molecule has 0 amide bonds. The molecule has 5 heteroatoms. The van der Waals surface area contributed by atoms with Gasteiger partial charge in [0.1, 0.15) is 4.99 Å². The second kappa shape index (κ2) is 3.70. The Labute approximate surface area is 61.1 Å². The second-order valence-electron chi connectivity index (χ2n) is 2.17. The van der Waals surface area contributed by atoms with Gasteiger partial charge in [0.25, 0.3) is 0 Å². The fraction of sp³-hybridized carbons (Fsp3) is 0.800. The highest BCUT2D eigenvalue weighted by Gasteiger charge is 2.04. The molecule has 0 aromatic heterocycles. The summed E-state index contributed by atoms with van der Waals surface area (Å²) in [5, 5.41) is 0. The highest BCUT2D eigenvalue weighted by molar-refractivity contribution is 7.72. The molecule has 1 fully saturated rings. The third-order valence-corrected chi connectivity index (χ3v) is 2.09. The fourth-order valence-electron chi connectivity index (χ4n) is 0.848. The molecule has 1 rings (SSSR count). The van der Waals surface area contributed by atoms with Crippen LogP contribution in [-0.2, 0) is 10.3 Å². The molecule has 0 aromatic rings. The molecular weight excluding hydrogens is 152 g/mol. The molecular formula is C5H10N2O2S. The van der Waals surface area contributed by atoms with Crippen LogP contribution in [0, 0.1) is 0 Å². The van der Waals surface area contributed by atoms with E-state index < -0.39 is 10.3 Å². The smallest absolute Gasteiger partial charge is 0.229 e. The summed E-state index contributed by atoms with van der Waals surface area (Å²) in [7, 11) is -2.07. The Hall–Kier alpha value is -0.390. The van der Waals surface area contributed by atoms with Crippen molar-refractivity contribution in [3.63, 3.8) is 0 Å². The van der Waals surface area contributed by atoms with Gasteiger partial charge in [-0.1, -0.05) is 0 Å². The summed E-state index contributed by atoms with van der Waals surface area (Å²) in [5.74, 6) is 0. The number of hydrogen-bond donors (Lipinski definition) is 2. The van der Waals surface area contributed by atoms with E-state index in [1.165, 1.54) is 0 Å². The molecule has 10 heavy (non-hydrogen) atoms. The normalized spacial score (nSPS) is 20.2. The van der Waals surface area contributed by atoms with Crippen LogP contribution in [0.15, 0.2) is 0 Å². The zero-order valence-corrected chi connectivity index (χ0v) is 6.37. The van der Waals surface area contributed by atoms with Gasteiger partial charge in [-0.3, -0.25) is 5.43 Å². The van der Waals surface area contributed by atoms with Gasteiger partial charge in [-0.05, 0) is 19.3 Å². The molecule has 0 unspecified atom stereocenters. The minimum Gasteiger partial charge on any atom is -0.253 e. The molecule has 1 heterocycles. The van der Waals surface area contributed by atoms with Crippen molar-refractivity contribution in [2.24, 2.45) is 0 Å². The summed E-state index contributed by atoms with van der Waals surface area (Å²) < 4.78 is 20.7. The lowest BCUT2D eigenvalue weighted by Crippen LogP contribution is -2.35. The van der Waals surface area contributed by atoms with Crippen LogP contribution < -0.4 is 10.9 Å². The van der Waals surface area contributed by atoms with Gasteiger partial charge in [0.15, 0.2) is 0 Å². The number of hydrogen-bond acceptors (Lipinski definition) is 3. The largest absolute Gasteiger partial charge is 0.253 e. The molecule has 1 aliphatic heterocycles. The van der Waals surface area contributed by atoms with Crippen molar-refractivity contribution in [1.29, 1.82) is 0 Å². The van der Waals surface area contributed by atoms with Crippen molar-refractivity contribution in [3.05, 3.63) is 0 Å². The van der Waals surface area contributed by atoms with E-state index in [9.17, 15) is 8.42 Å². The minimum atomic E-state index is -2.07. The van der Waals surface area contributed by atoms with Crippen molar-refractivity contribution in [2.45, 2.75) is 19.3 Å². The summed E-state index contributed by atoms with van der Waals surface area (Å²) in [6, 6.07) is 0. The Bertz CT molecular complexity index is 214. The molecule has 0 aliphatic carbocycles. The fourth-order valence-corrected chi connectivity index (χ4v) is 1.31. The Morgan fingerprint density at radius 1 is 1.30 bits per heavy atom. The van der Waals surface area contributed by atoms with E-state index in [0.717, 1.165) is 19.4 Å². The van der Waals surface area contributed by atoms with Crippen LogP contribution in [-0.4, -0.2) is 20.0 Å². The first-order chi connectivity index (χ1) is 4.80. The van der Waals surface area contributed by atoms with E-state index in [4.69, 9.17) is 0 Å². The zero-order chi connectivity index (χ0) is 7.40. The summed E-state index contributed by atoms with van der Waals surface area (Å²) in [5.41, 5.74) is 5.43. The third kappa shape index (κ3) is 2.09. The summed E-state index contributed by atoms with van der Waals surface area (Å²) >= 11 is 0. The maximum Gasteiger partial charge on any atom is 0.229 e. The standard InChI is InChI=1S/C5H10N2O2S/c8-10(9)5-3-1-2-4-6-7-5/h6-7H,1-4H2. The van der Waals surface area contributed by atoms with Crippen molar-refractivity contribution < 1.29 is 8.42 Å². The van der Waals surface area contributed by atoms with Gasteiger partial charge in [0.05, 0.1) is 0 Å². The van der Waals surface area contributed by atoms with Crippen LogP contribution >= 0.6 is 0 Å². The van der Waals surface area contributed by atoms with Gasteiger partial charge >= 0.3 is 0 Å². The lowest BCUT2D eigenvalue weighted by molar-refractivity contribution is 0.622. The van der Waals surface area contributed by atoms with Crippen LogP contribution in [0.25, 0.3) is 0 Å². The van der Waals surface area contributed by atoms with E-state index in [-0.39, 0.29) is 0 Å². The predicted molar refractivity (Wildman–Crippen MR) is 38.9 cm³/mol. The van der Waals surface area contributed by atoms with E-state index in [2.05, 4.69) is 10.9 Å². The molecule has 58 valence electrons. The van der Waals surface area contributed by atoms with Crippen molar-refractivity contribution >= 4 is 15.3 Å². The molecule has 4 nitrogen and oxygen atoms in total. The molecule has 2 N–H and O–H groups in total. The van der Waals surface area contributed by atoms with Crippen LogP contribution in [0.3, 0.4) is 0 Å². The van der Waals surface area contributed by atoms with E-state index in [1.807, 2.05) is 0 Å². The van der Waals surface area contributed by atoms with Gasteiger partial charge in [0.2, 0.25) is 10.3 Å². The van der Waals surface area contributed by atoms with Gasteiger partial charge in [-0.25, -0.2) is 5.43 Å². The topological polar surface area (TPSA) is 58.2 Å². The average Bonchev–Trinajstić information content (AvgIpc) is 2.12. The van der Waals surface area contributed by atoms with Crippen LogP contribution in [0.1, 0.15) is 19.3 Å². The quantitative estimate of drug-likeness (QED) is 0.461. The Balaban J connectivity index is 2.69. The number of rotatable bonds is 0. The third-order valence-electron chi connectivity index (χ3n) is 1.38. The van der Waals surface area contributed by atoms with Crippen LogP contribution in [0.5, 0.6) is 0 Å². The maximum absolute atomic E-state index is 10.4. The molecule has 0 spiro atoms. The lowest BCUT2D eigenvalue weighted by atomic mass is 10.2. The van der Waals surface area contributed by atoms with Gasteiger partial charge in [-0.15, -0.1) is 0 Å². The van der Waals surface area contributed by atoms with E-state index >= 15 is 0 Å². The first-order valence-electron chi connectivity index (χ1n) is 3.24. The van der Waals surface area contributed by atoms with Crippen LogP contribution in [0.4, 0.5) is 0 Å². The molecule has 0 radical (unpaired) electrons.